The minimum atomic E-state index is -0.355. The molecule has 0 spiro atoms. The predicted octanol–water partition coefficient (Wildman–Crippen LogP) is 2.94. The van der Waals surface area contributed by atoms with Crippen LogP contribution in [-0.2, 0) is 0 Å². The Morgan fingerprint density at radius 3 is 2.35 bits per heavy atom. The molecule has 2 aromatic rings. The van der Waals surface area contributed by atoms with E-state index in [-0.39, 0.29) is 39.6 Å². The molecule has 0 bridgehead atoms. The number of aryl methyl sites for hydroxylation is 1. The molecule has 0 amide bonds. The highest BCUT2D eigenvalue weighted by Gasteiger charge is 2.37. The molecule has 100 valence electrons. The SMILES string of the molecule is Cc1oc2c(c1C(=O)CBr)C(=O)c1ccccc1C2=O. The van der Waals surface area contributed by atoms with Crippen LogP contribution in [0.5, 0.6) is 0 Å². The number of carbonyl (C=O) groups excluding carboxylic acids is 3. The first-order valence-electron chi connectivity index (χ1n) is 5.97. The zero-order valence-corrected chi connectivity index (χ0v) is 12.1. The summed E-state index contributed by atoms with van der Waals surface area (Å²) in [5.41, 5.74) is 0.923. The second-order valence-electron chi connectivity index (χ2n) is 4.50. The van der Waals surface area contributed by atoms with Crippen LogP contribution in [0.25, 0.3) is 0 Å². The number of alkyl halides is 1. The summed E-state index contributed by atoms with van der Waals surface area (Å²) in [7, 11) is 0. The number of fused-ring (bicyclic) bond motifs is 2. The van der Waals surface area contributed by atoms with Gasteiger partial charge in [-0.25, -0.2) is 0 Å². The van der Waals surface area contributed by atoms with E-state index in [1.165, 1.54) is 0 Å². The van der Waals surface area contributed by atoms with Crippen molar-refractivity contribution in [3.63, 3.8) is 0 Å². The van der Waals surface area contributed by atoms with Gasteiger partial charge in [-0.15, -0.1) is 0 Å². The van der Waals surface area contributed by atoms with Crippen molar-refractivity contribution in [2.75, 3.05) is 5.33 Å². The Labute approximate surface area is 122 Å². The summed E-state index contributed by atoms with van der Waals surface area (Å²) in [6.45, 7) is 1.58. The van der Waals surface area contributed by atoms with Crippen molar-refractivity contribution < 1.29 is 18.8 Å². The number of carbonyl (C=O) groups is 3. The molecule has 0 aliphatic heterocycles. The number of benzene rings is 1. The molecule has 1 aliphatic rings. The molecule has 0 radical (unpaired) electrons. The summed E-state index contributed by atoms with van der Waals surface area (Å²) in [5.74, 6) is -0.694. The van der Waals surface area contributed by atoms with Gasteiger partial charge < -0.3 is 4.42 Å². The molecule has 0 atom stereocenters. The lowest BCUT2D eigenvalue weighted by Crippen LogP contribution is -2.21. The molecule has 1 aliphatic carbocycles. The van der Waals surface area contributed by atoms with E-state index in [1.807, 2.05) is 0 Å². The van der Waals surface area contributed by atoms with Crippen LogP contribution < -0.4 is 0 Å². The minimum absolute atomic E-state index is 0.0319. The molecule has 0 saturated carbocycles. The highest BCUT2D eigenvalue weighted by atomic mass is 79.9. The van der Waals surface area contributed by atoms with Crippen LogP contribution in [0.4, 0.5) is 0 Å². The topological polar surface area (TPSA) is 64.3 Å². The van der Waals surface area contributed by atoms with Gasteiger partial charge in [0.25, 0.3) is 0 Å². The second kappa shape index (κ2) is 4.52. The first-order chi connectivity index (χ1) is 9.56. The zero-order chi connectivity index (χ0) is 14.4. The van der Waals surface area contributed by atoms with Gasteiger partial charge in [-0.05, 0) is 6.92 Å². The van der Waals surface area contributed by atoms with Crippen LogP contribution in [0.1, 0.15) is 48.2 Å². The molecule has 1 aromatic heterocycles. The first kappa shape index (κ1) is 13.0. The molecular weight excluding hydrogens is 324 g/mol. The highest BCUT2D eigenvalue weighted by Crippen LogP contribution is 2.33. The summed E-state index contributed by atoms with van der Waals surface area (Å²) in [6, 6.07) is 6.55. The zero-order valence-electron chi connectivity index (χ0n) is 10.5. The largest absolute Gasteiger partial charge is 0.456 e. The fraction of sp³-hybridized carbons (Fsp3) is 0.133. The number of halogens is 1. The van der Waals surface area contributed by atoms with Crippen LogP contribution in [-0.4, -0.2) is 22.7 Å². The van der Waals surface area contributed by atoms with E-state index in [2.05, 4.69) is 15.9 Å². The molecule has 3 rings (SSSR count). The Morgan fingerprint density at radius 2 is 1.75 bits per heavy atom. The number of Topliss-reactive ketones (excluding diaryl/α,β-unsaturated/α-hetero) is 1. The molecular formula is C15H9BrO4. The maximum atomic E-state index is 12.5. The van der Waals surface area contributed by atoms with E-state index in [0.717, 1.165) is 0 Å². The van der Waals surface area contributed by atoms with Gasteiger partial charge in [0.15, 0.2) is 17.3 Å². The Bertz CT molecular complexity index is 770. The molecule has 0 N–H and O–H groups in total. The Morgan fingerprint density at radius 1 is 1.15 bits per heavy atom. The van der Waals surface area contributed by atoms with Gasteiger partial charge in [-0.3, -0.25) is 14.4 Å². The third-order valence-corrected chi connectivity index (χ3v) is 3.84. The molecule has 20 heavy (non-hydrogen) atoms. The van der Waals surface area contributed by atoms with Crippen LogP contribution in [0.15, 0.2) is 28.7 Å². The van der Waals surface area contributed by atoms with Crippen LogP contribution in [0.3, 0.4) is 0 Å². The molecule has 1 heterocycles. The van der Waals surface area contributed by atoms with Gasteiger partial charge >= 0.3 is 0 Å². The minimum Gasteiger partial charge on any atom is -0.456 e. The normalized spacial score (nSPS) is 13.1. The highest BCUT2D eigenvalue weighted by molar-refractivity contribution is 9.09. The van der Waals surface area contributed by atoms with Crippen molar-refractivity contribution in [2.24, 2.45) is 0 Å². The fourth-order valence-electron chi connectivity index (χ4n) is 2.46. The lowest BCUT2D eigenvalue weighted by atomic mass is 9.86. The van der Waals surface area contributed by atoms with Gasteiger partial charge in [0.05, 0.1) is 16.5 Å². The lowest BCUT2D eigenvalue weighted by molar-refractivity contribution is 0.0957. The summed E-state index contributed by atoms with van der Waals surface area (Å²) >= 11 is 3.08. The number of hydrogen-bond donors (Lipinski definition) is 0. The van der Waals surface area contributed by atoms with Crippen molar-refractivity contribution in [3.8, 4) is 0 Å². The van der Waals surface area contributed by atoms with E-state index in [1.54, 1.807) is 31.2 Å². The lowest BCUT2D eigenvalue weighted by Gasteiger charge is -2.13. The number of furan rings is 1. The van der Waals surface area contributed by atoms with Crippen molar-refractivity contribution in [3.05, 3.63) is 58.0 Å². The molecule has 0 fully saturated rings. The molecule has 1 aromatic carbocycles. The molecule has 0 saturated heterocycles. The number of ketones is 3. The van der Waals surface area contributed by atoms with E-state index in [4.69, 9.17) is 4.42 Å². The van der Waals surface area contributed by atoms with Crippen LogP contribution >= 0.6 is 15.9 Å². The summed E-state index contributed by atoms with van der Waals surface area (Å²) < 4.78 is 5.39. The van der Waals surface area contributed by atoms with Crippen molar-refractivity contribution in [1.82, 2.24) is 0 Å². The van der Waals surface area contributed by atoms with Crippen molar-refractivity contribution in [1.29, 1.82) is 0 Å². The summed E-state index contributed by atoms with van der Waals surface area (Å²) in [4.78, 5) is 36.9. The van der Waals surface area contributed by atoms with E-state index in [0.29, 0.717) is 16.9 Å². The standard InChI is InChI=1S/C15H9BrO4/c1-7-11(10(17)6-16)12-13(18)8-4-2-3-5-9(8)14(19)15(12)20-7/h2-5H,6H2,1H3. The van der Waals surface area contributed by atoms with Gasteiger partial charge in [0, 0.05) is 11.1 Å². The third-order valence-electron chi connectivity index (χ3n) is 3.33. The second-order valence-corrected chi connectivity index (χ2v) is 5.06. The van der Waals surface area contributed by atoms with Gasteiger partial charge in [0.2, 0.25) is 5.78 Å². The Hall–Kier alpha value is -2.01. The Kier molecular flexibility index (Phi) is 2.94. The van der Waals surface area contributed by atoms with Gasteiger partial charge in [0.1, 0.15) is 5.76 Å². The monoisotopic (exact) mass is 332 g/mol. The molecule has 0 unspecified atom stereocenters. The fourth-order valence-corrected chi connectivity index (χ4v) is 2.74. The quantitative estimate of drug-likeness (QED) is 0.534. The summed E-state index contributed by atoms with van der Waals surface area (Å²) in [5, 5.41) is 0.0724. The molecule has 5 heteroatoms. The predicted molar refractivity (Wildman–Crippen MR) is 74.9 cm³/mol. The van der Waals surface area contributed by atoms with Crippen LogP contribution in [0.2, 0.25) is 0 Å². The van der Waals surface area contributed by atoms with Crippen molar-refractivity contribution >= 4 is 33.3 Å². The smallest absolute Gasteiger partial charge is 0.229 e. The van der Waals surface area contributed by atoms with Crippen molar-refractivity contribution in [2.45, 2.75) is 6.92 Å². The van der Waals surface area contributed by atoms with Gasteiger partial charge in [-0.1, -0.05) is 40.2 Å². The average molecular weight is 333 g/mol. The van der Waals surface area contributed by atoms with Crippen LogP contribution in [0, 0.1) is 6.92 Å². The Balaban J connectivity index is 2.32. The van der Waals surface area contributed by atoms with Gasteiger partial charge in [-0.2, -0.15) is 0 Å². The average Bonchev–Trinajstić information content (AvgIpc) is 2.82. The molecule has 4 nitrogen and oxygen atoms in total. The third kappa shape index (κ3) is 1.63. The van der Waals surface area contributed by atoms with E-state index < -0.39 is 0 Å². The number of hydrogen-bond acceptors (Lipinski definition) is 4. The maximum Gasteiger partial charge on any atom is 0.229 e. The number of rotatable bonds is 2. The first-order valence-corrected chi connectivity index (χ1v) is 7.09. The van der Waals surface area contributed by atoms with E-state index in [9.17, 15) is 14.4 Å². The van der Waals surface area contributed by atoms with E-state index >= 15 is 0 Å². The maximum absolute atomic E-state index is 12.5. The summed E-state index contributed by atoms with van der Waals surface area (Å²) in [6.07, 6.45) is 0.